The first kappa shape index (κ1) is 9.88. The lowest BCUT2D eigenvalue weighted by Crippen LogP contribution is -2.30. The second-order valence-corrected chi connectivity index (χ2v) is 5.25. The molecule has 0 saturated heterocycles. The number of hydrogen-bond acceptors (Lipinski definition) is 3. The molecular formula is C10H9BrN2S. The van der Waals surface area contributed by atoms with E-state index in [1.165, 1.54) is 0 Å². The van der Waals surface area contributed by atoms with Gasteiger partial charge in [0, 0.05) is 15.4 Å². The third-order valence-corrected chi connectivity index (χ3v) is 4.21. The number of nitrogens with zero attached hydrogens (tertiary/aromatic N) is 1. The number of rotatable bonds is 0. The van der Waals surface area contributed by atoms with Gasteiger partial charge in [-0.1, -0.05) is 6.07 Å². The Labute approximate surface area is 95.8 Å². The summed E-state index contributed by atoms with van der Waals surface area (Å²) in [4.78, 5) is 1.14. The molecule has 2 atom stereocenters. The second-order valence-electron chi connectivity index (χ2n) is 3.21. The van der Waals surface area contributed by atoms with Crippen LogP contribution in [0.25, 0.3) is 0 Å². The van der Waals surface area contributed by atoms with Crippen molar-refractivity contribution in [3.63, 3.8) is 0 Å². The van der Waals surface area contributed by atoms with Crippen LogP contribution in [0.1, 0.15) is 6.92 Å². The van der Waals surface area contributed by atoms with Crippen LogP contribution in [0.5, 0.6) is 0 Å². The fraction of sp³-hybridized carbons (Fsp3) is 0.300. The Bertz CT molecular complexity index is 400. The first-order chi connectivity index (χ1) is 6.72. The molecular weight excluding hydrogens is 260 g/mol. The summed E-state index contributed by atoms with van der Waals surface area (Å²) in [6, 6.07) is 8.52. The molecule has 72 valence electrons. The zero-order valence-corrected chi connectivity index (χ0v) is 10.0. The van der Waals surface area contributed by atoms with Crippen LogP contribution in [0.3, 0.4) is 0 Å². The fourth-order valence-corrected chi connectivity index (χ4v) is 3.08. The van der Waals surface area contributed by atoms with Gasteiger partial charge in [0.2, 0.25) is 0 Å². The highest BCUT2D eigenvalue weighted by molar-refractivity contribution is 9.10. The number of hydrogen-bond donors (Lipinski definition) is 1. The molecule has 2 rings (SSSR count). The van der Waals surface area contributed by atoms with Gasteiger partial charge in [-0.2, -0.15) is 5.26 Å². The normalized spacial score (nSPS) is 24.6. The highest BCUT2D eigenvalue weighted by Crippen LogP contribution is 2.41. The molecule has 1 aromatic rings. The molecule has 0 amide bonds. The molecule has 0 aliphatic carbocycles. The largest absolute Gasteiger partial charge is 0.379 e. The number of nitriles is 1. The molecule has 0 spiro atoms. The highest BCUT2D eigenvalue weighted by Gasteiger charge is 2.26. The SMILES string of the molecule is CC1Nc2c(Br)cccc2SC1C#N. The van der Waals surface area contributed by atoms with Gasteiger partial charge in [-0.05, 0) is 35.0 Å². The van der Waals surface area contributed by atoms with Crippen molar-refractivity contribution in [3.8, 4) is 6.07 Å². The summed E-state index contributed by atoms with van der Waals surface area (Å²) in [5.74, 6) is 0. The first-order valence-electron chi connectivity index (χ1n) is 4.33. The number of nitrogens with one attached hydrogen (secondary N) is 1. The van der Waals surface area contributed by atoms with Crippen molar-refractivity contribution in [2.45, 2.75) is 23.1 Å². The van der Waals surface area contributed by atoms with Gasteiger partial charge in [0.05, 0.1) is 11.8 Å². The zero-order chi connectivity index (χ0) is 10.1. The van der Waals surface area contributed by atoms with E-state index in [1.54, 1.807) is 11.8 Å². The summed E-state index contributed by atoms with van der Waals surface area (Å²) in [5.41, 5.74) is 1.11. The molecule has 0 saturated carbocycles. The van der Waals surface area contributed by atoms with E-state index >= 15 is 0 Å². The molecule has 1 aromatic carbocycles. The van der Waals surface area contributed by atoms with Crippen LogP contribution in [-0.4, -0.2) is 11.3 Å². The first-order valence-corrected chi connectivity index (χ1v) is 6.01. The Morgan fingerprint density at radius 1 is 1.57 bits per heavy atom. The molecule has 1 N–H and O–H groups in total. The Morgan fingerprint density at radius 2 is 2.36 bits per heavy atom. The van der Waals surface area contributed by atoms with Gasteiger partial charge in [-0.25, -0.2) is 0 Å². The van der Waals surface area contributed by atoms with E-state index < -0.39 is 0 Å². The Morgan fingerprint density at radius 3 is 3.07 bits per heavy atom. The van der Waals surface area contributed by atoms with Crippen molar-refractivity contribution in [2.75, 3.05) is 5.32 Å². The zero-order valence-electron chi connectivity index (χ0n) is 7.62. The number of benzene rings is 1. The van der Waals surface area contributed by atoms with Gasteiger partial charge in [-0.15, -0.1) is 11.8 Å². The van der Waals surface area contributed by atoms with Crippen LogP contribution in [0.4, 0.5) is 5.69 Å². The number of fused-ring (bicyclic) bond motifs is 1. The summed E-state index contributed by atoms with van der Waals surface area (Å²) in [6.07, 6.45) is 0. The molecule has 1 aliphatic heterocycles. The summed E-state index contributed by atoms with van der Waals surface area (Å²) in [5, 5.41) is 12.3. The van der Waals surface area contributed by atoms with Crippen LogP contribution in [-0.2, 0) is 0 Å². The maximum Gasteiger partial charge on any atom is 0.116 e. The van der Waals surface area contributed by atoms with Crippen molar-refractivity contribution in [1.29, 1.82) is 5.26 Å². The highest BCUT2D eigenvalue weighted by atomic mass is 79.9. The van der Waals surface area contributed by atoms with E-state index in [1.807, 2.05) is 25.1 Å². The Kier molecular flexibility index (Phi) is 2.71. The molecule has 1 heterocycles. The topological polar surface area (TPSA) is 35.8 Å². The molecule has 0 bridgehead atoms. The maximum absolute atomic E-state index is 8.93. The molecule has 2 unspecified atom stereocenters. The molecule has 4 heteroatoms. The average Bonchev–Trinajstić information content (AvgIpc) is 2.19. The lowest BCUT2D eigenvalue weighted by atomic mass is 10.2. The molecule has 1 aliphatic rings. The van der Waals surface area contributed by atoms with Crippen LogP contribution in [0.15, 0.2) is 27.6 Å². The molecule has 0 aromatic heterocycles. The fourth-order valence-electron chi connectivity index (χ4n) is 1.42. The minimum Gasteiger partial charge on any atom is -0.379 e. The molecule has 0 fully saturated rings. The van der Waals surface area contributed by atoms with Crippen molar-refractivity contribution >= 4 is 33.4 Å². The molecule has 14 heavy (non-hydrogen) atoms. The summed E-state index contributed by atoms with van der Waals surface area (Å²) >= 11 is 5.12. The van der Waals surface area contributed by atoms with Crippen molar-refractivity contribution in [1.82, 2.24) is 0 Å². The molecule has 0 radical (unpaired) electrons. The standard InChI is InChI=1S/C10H9BrN2S/c1-6-9(5-12)14-8-4-2-3-7(11)10(8)13-6/h2-4,6,9,13H,1H3. The predicted octanol–water partition coefficient (Wildman–Crippen LogP) is 3.25. The summed E-state index contributed by atoms with van der Waals surface area (Å²) < 4.78 is 1.06. The molecule has 2 nitrogen and oxygen atoms in total. The minimum atomic E-state index is -0.00296. The van der Waals surface area contributed by atoms with Gasteiger partial charge in [-0.3, -0.25) is 0 Å². The van der Waals surface area contributed by atoms with Gasteiger partial charge >= 0.3 is 0 Å². The van der Waals surface area contributed by atoms with Gasteiger partial charge in [0.15, 0.2) is 0 Å². The maximum atomic E-state index is 8.93. The van der Waals surface area contributed by atoms with Crippen molar-refractivity contribution in [3.05, 3.63) is 22.7 Å². The van der Waals surface area contributed by atoms with Crippen molar-refractivity contribution in [2.24, 2.45) is 0 Å². The number of halogens is 1. The number of thioether (sulfide) groups is 1. The smallest absolute Gasteiger partial charge is 0.116 e. The van der Waals surface area contributed by atoms with Crippen LogP contribution >= 0.6 is 27.7 Å². The van der Waals surface area contributed by atoms with Crippen LogP contribution < -0.4 is 5.32 Å². The average molecular weight is 269 g/mol. The quantitative estimate of drug-likeness (QED) is 0.785. The third-order valence-electron chi connectivity index (χ3n) is 2.18. The monoisotopic (exact) mass is 268 g/mol. The van der Waals surface area contributed by atoms with E-state index in [0.717, 1.165) is 15.1 Å². The van der Waals surface area contributed by atoms with E-state index in [-0.39, 0.29) is 11.3 Å². The Balaban J connectivity index is 2.41. The second kappa shape index (κ2) is 3.84. The van der Waals surface area contributed by atoms with Gasteiger partial charge in [0.1, 0.15) is 5.25 Å². The Hall–Kier alpha value is -0.660. The van der Waals surface area contributed by atoms with Crippen LogP contribution in [0, 0.1) is 11.3 Å². The summed E-state index contributed by atoms with van der Waals surface area (Å²) in [6.45, 7) is 2.03. The van der Waals surface area contributed by atoms with Crippen molar-refractivity contribution < 1.29 is 0 Å². The van der Waals surface area contributed by atoms with Gasteiger partial charge in [0.25, 0.3) is 0 Å². The number of anilines is 1. The summed E-state index contributed by atoms with van der Waals surface area (Å²) in [7, 11) is 0. The lowest BCUT2D eigenvalue weighted by Gasteiger charge is -2.28. The van der Waals surface area contributed by atoms with E-state index in [4.69, 9.17) is 5.26 Å². The predicted molar refractivity (Wildman–Crippen MR) is 62.5 cm³/mol. The van der Waals surface area contributed by atoms with Gasteiger partial charge < -0.3 is 5.32 Å². The van der Waals surface area contributed by atoms with E-state index in [2.05, 4.69) is 27.3 Å². The lowest BCUT2D eigenvalue weighted by molar-refractivity contribution is 0.818. The van der Waals surface area contributed by atoms with E-state index in [9.17, 15) is 0 Å². The van der Waals surface area contributed by atoms with E-state index in [0.29, 0.717) is 0 Å². The van der Waals surface area contributed by atoms with Crippen LogP contribution in [0.2, 0.25) is 0 Å². The third kappa shape index (κ3) is 1.62. The number of para-hydroxylation sites is 1. The minimum absolute atomic E-state index is 0.00296.